The van der Waals surface area contributed by atoms with Gasteiger partial charge in [-0.3, -0.25) is 0 Å². The van der Waals surface area contributed by atoms with Gasteiger partial charge in [0.2, 0.25) is 0 Å². The van der Waals surface area contributed by atoms with Crippen molar-refractivity contribution in [3.63, 3.8) is 0 Å². The van der Waals surface area contributed by atoms with Crippen LogP contribution in [0.2, 0.25) is 0 Å². The van der Waals surface area contributed by atoms with Crippen LogP contribution in [0.5, 0.6) is 0 Å². The van der Waals surface area contributed by atoms with Crippen LogP contribution in [0.15, 0.2) is 28.7 Å². The van der Waals surface area contributed by atoms with E-state index < -0.39 is 0 Å². The normalized spacial score (nSPS) is 15.8. The van der Waals surface area contributed by atoms with Crippen molar-refractivity contribution in [3.05, 3.63) is 33.6 Å². The number of guanidine groups is 1. The molecule has 0 aliphatic carbocycles. The highest BCUT2D eigenvalue weighted by Crippen LogP contribution is 2.24. The molecule has 0 aromatic carbocycles. The molecule has 0 atom stereocenters. The largest absolute Gasteiger partial charge is 0.363 e. The van der Waals surface area contributed by atoms with E-state index in [4.69, 9.17) is 4.99 Å². The van der Waals surface area contributed by atoms with E-state index in [-0.39, 0.29) is 24.0 Å². The molecular weight excluding hydrogens is 465 g/mol. The molecule has 3 rings (SSSR count). The molecule has 2 N–H and O–H groups in total. The summed E-state index contributed by atoms with van der Waals surface area (Å²) in [5.74, 6) is 0.915. The smallest absolute Gasteiger partial charge is 0.191 e. The number of halogens is 1. The van der Waals surface area contributed by atoms with Crippen molar-refractivity contribution in [1.29, 1.82) is 0 Å². The first-order chi connectivity index (χ1) is 11.7. The summed E-state index contributed by atoms with van der Waals surface area (Å²) >= 11 is 3.54. The highest BCUT2D eigenvalue weighted by Gasteiger charge is 2.20. The van der Waals surface area contributed by atoms with E-state index in [1.54, 1.807) is 11.3 Å². The van der Waals surface area contributed by atoms with E-state index in [1.165, 1.54) is 9.88 Å². The Morgan fingerprint density at radius 2 is 2.20 bits per heavy atom. The van der Waals surface area contributed by atoms with Crippen LogP contribution in [0, 0.1) is 6.92 Å². The van der Waals surface area contributed by atoms with Gasteiger partial charge in [-0.15, -0.1) is 46.7 Å². The molecule has 0 bridgehead atoms. The lowest BCUT2D eigenvalue weighted by molar-refractivity contribution is 0.463. The Hall–Kier alpha value is -0.870. The molecule has 0 spiro atoms. The molecule has 2 aromatic heterocycles. The summed E-state index contributed by atoms with van der Waals surface area (Å²) in [6.45, 7) is 7.91. The maximum atomic E-state index is 4.71. The summed E-state index contributed by atoms with van der Waals surface area (Å²) in [6.07, 6.45) is 4.20. The maximum Gasteiger partial charge on any atom is 0.191 e. The van der Waals surface area contributed by atoms with Gasteiger partial charge >= 0.3 is 0 Å². The van der Waals surface area contributed by atoms with Crippen molar-refractivity contribution in [3.8, 4) is 0 Å². The molecule has 0 unspecified atom stereocenters. The van der Waals surface area contributed by atoms with Crippen LogP contribution in [-0.4, -0.2) is 36.6 Å². The first-order valence-corrected chi connectivity index (χ1v) is 10.2. The molecule has 3 heterocycles. The van der Waals surface area contributed by atoms with Crippen molar-refractivity contribution in [2.75, 3.05) is 24.5 Å². The van der Waals surface area contributed by atoms with Gasteiger partial charge in [-0.05, 0) is 44.2 Å². The van der Waals surface area contributed by atoms with Crippen molar-refractivity contribution in [2.24, 2.45) is 4.99 Å². The minimum absolute atomic E-state index is 0. The number of aliphatic imine (C=N–C) groups is 1. The zero-order valence-electron chi connectivity index (χ0n) is 14.7. The summed E-state index contributed by atoms with van der Waals surface area (Å²) in [6, 6.07) is 4.82. The van der Waals surface area contributed by atoms with Gasteiger partial charge in [0.1, 0.15) is 0 Å². The second kappa shape index (κ2) is 10.3. The topological polar surface area (TPSA) is 52.6 Å². The predicted molar refractivity (Wildman–Crippen MR) is 120 cm³/mol. The molecule has 2 aromatic rings. The average molecular weight is 491 g/mol. The molecule has 8 heteroatoms. The van der Waals surface area contributed by atoms with Gasteiger partial charge in [0.15, 0.2) is 5.96 Å². The molecule has 138 valence electrons. The highest BCUT2D eigenvalue weighted by molar-refractivity contribution is 14.0. The maximum absolute atomic E-state index is 4.71. The summed E-state index contributed by atoms with van der Waals surface area (Å²) in [5, 5.41) is 11.6. The Morgan fingerprint density at radius 3 is 2.80 bits per heavy atom. The van der Waals surface area contributed by atoms with Crippen molar-refractivity contribution < 1.29 is 0 Å². The Morgan fingerprint density at radius 1 is 1.40 bits per heavy atom. The van der Waals surface area contributed by atoms with Crippen LogP contribution in [0.4, 0.5) is 5.00 Å². The van der Waals surface area contributed by atoms with Crippen molar-refractivity contribution in [1.82, 2.24) is 15.6 Å². The SMILES string of the molecule is CCNC(=NCc1cnc(C)s1)NC1CCN(c2cccs2)CC1.I. The molecule has 5 nitrogen and oxygen atoms in total. The molecule has 0 amide bonds. The van der Waals surface area contributed by atoms with Crippen molar-refractivity contribution in [2.45, 2.75) is 39.3 Å². The molecule has 1 saturated heterocycles. The minimum Gasteiger partial charge on any atom is -0.363 e. The number of nitrogens with one attached hydrogen (secondary N) is 2. The van der Waals surface area contributed by atoms with E-state index in [0.717, 1.165) is 43.4 Å². The summed E-state index contributed by atoms with van der Waals surface area (Å²) in [7, 11) is 0. The predicted octanol–water partition coefficient (Wildman–Crippen LogP) is 3.86. The van der Waals surface area contributed by atoms with Crippen LogP contribution in [0.25, 0.3) is 0 Å². The van der Waals surface area contributed by atoms with Gasteiger partial charge in [0.05, 0.1) is 16.6 Å². The second-order valence-corrected chi connectivity index (χ2v) is 8.14. The van der Waals surface area contributed by atoms with E-state index in [2.05, 4.69) is 45.0 Å². The lowest BCUT2D eigenvalue weighted by atomic mass is 10.1. The Balaban J connectivity index is 0.00000225. The number of aromatic nitrogens is 1. The van der Waals surface area contributed by atoms with Gasteiger partial charge in [0, 0.05) is 36.8 Å². The number of nitrogens with zero attached hydrogens (tertiary/aromatic N) is 3. The molecule has 25 heavy (non-hydrogen) atoms. The Kier molecular flexibility index (Phi) is 8.44. The fourth-order valence-corrected chi connectivity index (χ4v) is 4.35. The number of piperidine rings is 1. The lowest BCUT2D eigenvalue weighted by Gasteiger charge is -2.33. The van der Waals surface area contributed by atoms with E-state index in [9.17, 15) is 0 Å². The zero-order valence-corrected chi connectivity index (χ0v) is 18.7. The highest BCUT2D eigenvalue weighted by atomic mass is 127. The van der Waals surface area contributed by atoms with E-state index >= 15 is 0 Å². The zero-order chi connectivity index (χ0) is 16.8. The third-order valence-electron chi connectivity index (χ3n) is 4.06. The van der Waals surface area contributed by atoms with E-state index in [1.807, 2.05) is 24.5 Å². The van der Waals surface area contributed by atoms with Gasteiger partial charge in [-0.2, -0.15) is 0 Å². The second-order valence-electron chi connectivity index (χ2n) is 5.90. The molecular formula is C17H26IN5S2. The fourth-order valence-electron chi connectivity index (χ4n) is 2.84. The van der Waals surface area contributed by atoms with Crippen molar-refractivity contribution >= 4 is 57.6 Å². The van der Waals surface area contributed by atoms with Crippen LogP contribution in [-0.2, 0) is 6.54 Å². The lowest BCUT2D eigenvalue weighted by Crippen LogP contribution is -2.48. The molecule has 0 saturated carbocycles. The third kappa shape index (κ3) is 6.10. The minimum atomic E-state index is 0. The Bertz CT molecular complexity index is 648. The molecule has 1 aliphatic rings. The number of hydrogen-bond acceptors (Lipinski definition) is 5. The molecule has 1 aliphatic heterocycles. The first kappa shape index (κ1) is 20.4. The number of thiazole rings is 1. The number of thiophene rings is 1. The molecule has 0 radical (unpaired) electrons. The average Bonchev–Trinajstić information content (AvgIpc) is 3.25. The quantitative estimate of drug-likeness (QED) is 0.379. The summed E-state index contributed by atoms with van der Waals surface area (Å²) in [4.78, 5) is 12.7. The number of aryl methyl sites for hydroxylation is 1. The summed E-state index contributed by atoms with van der Waals surface area (Å²) in [5.41, 5.74) is 0. The number of hydrogen-bond donors (Lipinski definition) is 2. The van der Waals surface area contributed by atoms with Gasteiger partial charge in [-0.25, -0.2) is 9.98 Å². The van der Waals surface area contributed by atoms with Crippen LogP contribution >= 0.6 is 46.7 Å². The number of anilines is 1. The number of rotatable bonds is 5. The van der Waals surface area contributed by atoms with Gasteiger partial charge in [0.25, 0.3) is 0 Å². The van der Waals surface area contributed by atoms with Crippen LogP contribution < -0.4 is 15.5 Å². The summed E-state index contributed by atoms with van der Waals surface area (Å²) < 4.78 is 0. The standard InChI is InChI=1S/C17H25N5S2.HI/c1-3-18-17(20-12-15-11-19-13(2)24-15)21-14-6-8-22(9-7-14)16-5-4-10-23-16;/h4-5,10-11,14H,3,6-9,12H2,1-2H3,(H2,18,20,21);1H. The first-order valence-electron chi connectivity index (χ1n) is 8.49. The Labute approximate surface area is 175 Å². The van der Waals surface area contributed by atoms with E-state index in [0.29, 0.717) is 12.6 Å². The third-order valence-corrected chi connectivity index (χ3v) is 5.89. The van der Waals surface area contributed by atoms with Crippen LogP contribution in [0.1, 0.15) is 29.7 Å². The fraction of sp³-hybridized carbons (Fsp3) is 0.529. The van der Waals surface area contributed by atoms with Gasteiger partial charge in [-0.1, -0.05) is 0 Å². The van der Waals surface area contributed by atoms with Gasteiger partial charge < -0.3 is 15.5 Å². The van der Waals surface area contributed by atoms with Crippen LogP contribution in [0.3, 0.4) is 0 Å². The molecule has 1 fully saturated rings. The monoisotopic (exact) mass is 491 g/mol.